The van der Waals surface area contributed by atoms with Gasteiger partial charge in [-0.3, -0.25) is 9.59 Å². The SMILES string of the molecule is CCOC(O)CNc1ncnc(C(=O)NC(C)c2ncc(C(=O)Nc3cc(C(F)(F)F)c(Cl)cn3)s2)c1Cl. The number of hydrogen-bond acceptors (Lipinski definition) is 10. The Morgan fingerprint density at radius 3 is 2.58 bits per heavy atom. The van der Waals surface area contributed by atoms with Gasteiger partial charge < -0.3 is 25.8 Å². The van der Waals surface area contributed by atoms with Crippen molar-refractivity contribution < 1.29 is 32.6 Å². The number of hydrogen-bond donors (Lipinski definition) is 4. The number of anilines is 2. The first-order valence-electron chi connectivity index (χ1n) is 10.7. The maximum Gasteiger partial charge on any atom is 0.418 e. The number of aliphatic hydroxyl groups excluding tert-OH is 1. The van der Waals surface area contributed by atoms with E-state index in [1.54, 1.807) is 13.8 Å². The topological polar surface area (TPSA) is 151 Å². The number of carbonyl (C=O) groups excluding carboxylic acids is 2. The van der Waals surface area contributed by atoms with E-state index in [0.717, 1.165) is 23.9 Å². The third-order valence-corrected chi connectivity index (χ3v) is 6.51. The number of nitrogens with zero attached hydrogens (tertiary/aromatic N) is 4. The molecule has 0 fully saturated rings. The predicted octanol–water partition coefficient (Wildman–Crippen LogP) is 4.16. The Hall–Kier alpha value is -3.11. The van der Waals surface area contributed by atoms with Gasteiger partial charge in [-0.1, -0.05) is 23.2 Å². The normalized spacial score (nSPS) is 13.1. The van der Waals surface area contributed by atoms with Crippen LogP contribution in [0.15, 0.2) is 24.8 Å². The molecule has 0 saturated carbocycles. The van der Waals surface area contributed by atoms with Crippen LogP contribution in [0.5, 0.6) is 0 Å². The molecule has 0 aliphatic heterocycles. The van der Waals surface area contributed by atoms with E-state index in [1.807, 2.05) is 0 Å². The number of carbonyl (C=O) groups is 2. The predicted molar refractivity (Wildman–Crippen MR) is 133 cm³/mol. The average Bonchev–Trinajstić information content (AvgIpc) is 3.35. The van der Waals surface area contributed by atoms with Crippen LogP contribution >= 0.6 is 34.5 Å². The summed E-state index contributed by atoms with van der Waals surface area (Å²) in [6.07, 6.45) is -2.72. The van der Waals surface area contributed by atoms with Crippen LogP contribution in [-0.4, -0.2) is 56.3 Å². The summed E-state index contributed by atoms with van der Waals surface area (Å²) in [4.78, 5) is 41.0. The molecule has 38 heavy (non-hydrogen) atoms. The fourth-order valence-electron chi connectivity index (χ4n) is 2.91. The Morgan fingerprint density at radius 1 is 1.16 bits per heavy atom. The lowest BCUT2D eigenvalue weighted by Gasteiger charge is -2.15. The summed E-state index contributed by atoms with van der Waals surface area (Å²) in [6.45, 7) is 3.58. The van der Waals surface area contributed by atoms with Gasteiger partial charge in [-0.25, -0.2) is 19.9 Å². The Balaban J connectivity index is 1.66. The highest BCUT2D eigenvalue weighted by Gasteiger charge is 2.34. The molecule has 0 aliphatic rings. The number of ether oxygens (including phenoxy) is 1. The van der Waals surface area contributed by atoms with Gasteiger partial charge in [-0.05, 0) is 19.9 Å². The van der Waals surface area contributed by atoms with Crippen LogP contribution in [0.4, 0.5) is 24.8 Å². The molecule has 3 aromatic heterocycles. The lowest BCUT2D eigenvalue weighted by molar-refractivity contribution is -0.137. The molecule has 2 atom stereocenters. The summed E-state index contributed by atoms with van der Waals surface area (Å²) < 4.78 is 44.2. The fraction of sp³-hybridized carbons (Fsp3) is 0.333. The van der Waals surface area contributed by atoms with E-state index >= 15 is 0 Å². The molecular formula is C21H20Cl2F3N7O4S. The van der Waals surface area contributed by atoms with Crippen LogP contribution in [-0.2, 0) is 10.9 Å². The molecule has 2 unspecified atom stereocenters. The molecule has 0 bridgehead atoms. The quantitative estimate of drug-likeness (QED) is 0.254. The lowest BCUT2D eigenvalue weighted by atomic mass is 10.2. The average molecular weight is 594 g/mol. The molecular weight excluding hydrogens is 574 g/mol. The van der Waals surface area contributed by atoms with Crippen LogP contribution in [0.2, 0.25) is 10.0 Å². The van der Waals surface area contributed by atoms with Crippen LogP contribution in [0.1, 0.15) is 50.6 Å². The molecule has 0 aliphatic carbocycles. The first-order valence-corrected chi connectivity index (χ1v) is 12.3. The van der Waals surface area contributed by atoms with E-state index in [1.165, 1.54) is 6.20 Å². The van der Waals surface area contributed by atoms with Gasteiger partial charge in [0.1, 0.15) is 32.9 Å². The number of thiazole rings is 1. The first kappa shape index (κ1) is 29.4. The van der Waals surface area contributed by atoms with E-state index in [-0.39, 0.29) is 33.8 Å². The minimum Gasteiger partial charge on any atom is -0.366 e. The Kier molecular flexibility index (Phi) is 9.78. The van der Waals surface area contributed by atoms with Gasteiger partial charge in [0, 0.05) is 12.8 Å². The Morgan fingerprint density at radius 2 is 1.89 bits per heavy atom. The van der Waals surface area contributed by atoms with Crippen molar-refractivity contribution in [3.05, 3.63) is 56.0 Å². The molecule has 2 amide bonds. The van der Waals surface area contributed by atoms with Crippen molar-refractivity contribution in [2.24, 2.45) is 0 Å². The first-order chi connectivity index (χ1) is 17.9. The van der Waals surface area contributed by atoms with E-state index in [2.05, 4.69) is 35.9 Å². The summed E-state index contributed by atoms with van der Waals surface area (Å²) in [5.41, 5.74) is -1.29. The summed E-state index contributed by atoms with van der Waals surface area (Å²) in [7, 11) is 0. The molecule has 3 heterocycles. The second-order valence-electron chi connectivity index (χ2n) is 7.43. The highest BCUT2D eigenvalue weighted by atomic mass is 35.5. The molecule has 0 saturated heterocycles. The smallest absolute Gasteiger partial charge is 0.366 e. The van der Waals surface area contributed by atoms with Crippen LogP contribution in [0, 0.1) is 0 Å². The van der Waals surface area contributed by atoms with E-state index in [0.29, 0.717) is 17.7 Å². The largest absolute Gasteiger partial charge is 0.418 e. The highest BCUT2D eigenvalue weighted by Crippen LogP contribution is 2.35. The molecule has 4 N–H and O–H groups in total. The van der Waals surface area contributed by atoms with Gasteiger partial charge in [0.05, 0.1) is 29.4 Å². The van der Waals surface area contributed by atoms with Crippen molar-refractivity contribution in [1.29, 1.82) is 0 Å². The van der Waals surface area contributed by atoms with Gasteiger partial charge in [0.25, 0.3) is 11.8 Å². The molecule has 3 rings (SSSR count). The molecule has 3 aromatic rings. The van der Waals surface area contributed by atoms with Crippen LogP contribution in [0.25, 0.3) is 0 Å². The second kappa shape index (κ2) is 12.6. The van der Waals surface area contributed by atoms with Crippen molar-refractivity contribution in [2.45, 2.75) is 32.4 Å². The van der Waals surface area contributed by atoms with Crippen LogP contribution in [0.3, 0.4) is 0 Å². The molecule has 11 nitrogen and oxygen atoms in total. The highest BCUT2D eigenvalue weighted by molar-refractivity contribution is 7.13. The zero-order chi connectivity index (χ0) is 28.0. The summed E-state index contributed by atoms with van der Waals surface area (Å²) in [5.74, 6) is -1.65. The van der Waals surface area contributed by atoms with Crippen molar-refractivity contribution >= 4 is 58.0 Å². The number of aromatic nitrogens is 4. The third-order valence-electron chi connectivity index (χ3n) is 4.68. The van der Waals surface area contributed by atoms with Crippen molar-refractivity contribution in [2.75, 3.05) is 23.8 Å². The van der Waals surface area contributed by atoms with Gasteiger partial charge in [-0.2, -0.15) is 13.2 Å². The summed E-state index contributed by atoms with van der Waals surface area (Å²) in [5, 5.41) is 17.0. The van der Waals surface area contributed by atoms with Gasteiger partial charge >= 0.3 is 6.18 Å². The minimum atomic E-state index is -4.72. The van der Waals surface area contributed by atoms with Crippen molar-refractivity contribution in [1.82, 2.24) is 25.3 Å². The van der Waals surface area contributed by atoms with Gasteiger partial charge in [0.15, 0.2) is 12.0 Å². The molecule has 0 aromatic carbocycles. The summed E-state index contributed by atoms with van der Waals surface area (Å²) in [6, 6.07) is -0.0707. The number of alkyl halides is 3. The lowest BCUT2D eigenvalue weighted by Crippen LogP contribution is -2.28. The number of rotatable bonds is 10. The molecule has 0 radical (unpaired) electrons. The van der Waals surface area contributed by atoms with Crippen molar-refractivity contribution in [3.8, 4) is 0 Å². The van der Waals surface area contributed by atoms with Crippen LogP contribution < -0.4 is 16.0 Å². The maximum absolute atomic E-state index is 13.1. The zero-order valence-electron chi connectivity index (χ0n) is 19.6. The number of nitrogens with one attached hydrogen (secondary N) is 3. The maximum atomic E-state index is 13.1. The minimum absolute atomic E-state index is 0.0327. The summed E-state index contributed by atoms with van der Waals surface area (Å²) >= 11 is 12.7. The number of aliphatic hydroxyl groups is 1. The van der Waals surface area contributed by atoms with E-state index < -0.39 is 40.9 Å². The fourth-order valence-corrected chi connectivity index (χ4v) is 4.18. The van der Waals surface area contributed by atoms with Gasteiger partial charge in [-0.15, -0.1) is 11.3 Å². The van der Waals surface area contributed by atoms with Gasteiger partial charge in [0.2, 0.25) is 0 Å². The Bertz CT molecular complexity index is 1310. The second-order valence-corrected chi connectivity index (χ2v) is 9.28. The number of pyridine rings is 1. The van der Waals surface area contributed by atoms with Crippen molar-refractivity contribution in [3.63, 3.8) is 0 Å². The van der Waals surface area contributed by atoms with E-state index in [9.17, 15) is 27.9 Å². The molecule has 204 valence electrons. The van der Waals surface area contributed by atoms with E-state index in [4.69, 9.17) is 27.9 Å². The standard InChI is InChI=1S/C21H20Cl2F3N7O4S/c1-3-37-14(34)7-28-17-15(23)16(30-8-31-17)19(36)32-9(2)20-29-6-12(38-20)18(35)33-13-4-10(21(24,25)26)11(22)5-27-13/h4-6,8-9,14,34H,3,7H2,1-2H3,(H,32,36)(H,27,33,35)(H,28,30,31). The zero-order valence-corrected chi connectivity index (χ0v) is 22.0. The molecule has 0 spiro atoms. The third kappa shape index (κ3) is 7.48. The monoisotopic (exact) mass is 593 g/mol. The molecule has 17 heteroatoms. The number of halogens is 5. The Labute approximate surface area is 227 Å². The number of amides is 2.